The zero-order valence-corrected chi connectivity index (χ0v) is 15.7. The van der Waals surface area contributed by atoms with E-state index in [1.165, 1.54) is 0 Å². The van der Waals surface area contributed by atoms with Crippen molar-refractivity contribution in [2.24, 2.45) is 5.73 Å². The van der Waals surface area contributed by atoms with Crippen molar-refractivity contribution in [2.75, 3.05) is 24.6 Å². The van der Waals surface area contributed by atoms with Crippen molar-refractivity contribution in [3.05, 3.63) is 24.3 Å². The Kier molecular flexibility index (Phi) is 8.21. The Bertz CT molecular complexity index is 696. The molecule has 28 heavy (non-hydrogen) atoms. The fourth-order valence-electron chi connectivity index (χ4n) is 3.14. The molecule has 2 rings (SSSR count). The number of nitrogens with zero attached hydrogens (tertiary/aromatic N) is 1. The minimum Gasteiger partial charge on any atom is -0.489 e. The quantitative estimate of drug-likeness (QED) is 0.405. The summed E-state index contributed by atoms with van der Waals surface area (Å²) in [4.78, 5) is 36.9. The highest BCUT2D eigenvalue weighted by Gasteiger charge is 2.35. The van der Waals surface area contributed by atoms with Gasteiger partial charge in [0.2, 0.25) is 5.91 Å². The van der Waals surface area contributed by atoms with Crippen LogP contribution in [-0.2, 0) is 14.4 Å². The Morgan fingerprint density at radius 1 is 1.21 bits per heavy atom. The van der Waals surface area contributed by atoms with Crippen molar-refractivity contribution in [1.29, 1.82) is 0 Å². The lowest BCUT2D eigenvalue weighted by Crippen LogP contribution is -2.54. The molecule has 1 heterocycles. The van der Waals surface area contributed by atoms with E-state index >= 15 is 0 Å². The summed E-state index contributed by atoms with van der Waals surface area (Å²) in [6, 6.07) is 4.76. The third-order valence-corrected chi connectivity index (χ3v) is 4.57. The van der Waals surface area contributed by atoms with Gasteiger partial charge in [-0.3, -0.25) is 24.6 Å². The van der Waals surface area contributed by atoms with Gasteiger partial charge in [-0.2, -0.15) is 0 Å². The number of hydrogen-bond donors (Lipinski definition) is 4. The van der Waals surface area contributed by atoms with Crippen LogP contribution in [0.2, 0.25) is 0 Å². The smallest absolute Gasteiger partial charge is 0.323 e. The number of ether oxygens (including phenoxy) is 1. The Hall–Kier alpha value is -2.65. The number of nitrogens with two attached hydrogens (primary N) is 1. The third kappa shape index (κ3) is 5.93. The van der Waals surface area contributed by atoms with Crippen LogP contribution in [-0.4, -0.2) is 59.8 Å². The lowest BCUT2D eigenvalue weighted by Gasteiger charge is -2.25. The maximum absolute atomic E-state index is 12.9. The molecule has 0 aliphatic carbocycles. The summed E-state index contributed by atoms with van der Waals surface area (Å²) >= 11 is 0. The van der Waals surface area contributed by atoms with Crippen molar-refractivity contribution < 1.29 is 29.3 Å². The molecule has 0 radical (unpaired) electrons. The van der Waals surface area contributed by atoms with E-state index in [2.05, 4.69) is 5.32 Å². The third-order valence-electron chi connectivity index (χ3n) is 4.57. The molecular formula is C19H27N3O6. The molecule has 0 bridgehead atoms. The molecular weight excluding hydrogens is 366 g/mol. The normalized spacial score (nSPS) is 17.4. The number of unbranched alkanes of at least 4 members (excludes halogenated alkanes) is 3. The Balaban J connectivity index is 2.10. The molecule has 1 amide bonds. The minimum atomic E-state index is -1.17. The van der Waals surface area contributed by atoms with Gasteiger partial charge in [0.15, 0.2) is 0 Å². The monoisotopic (exact) mass is 393 g/mol. The first-order valence-electron chi connectivity index (χ1n) is 9.38. The number of amides is 1. The summed E-state index contributed by atoms with van der Waals surface area (Å²) in [5.74, 6) is -2.37. The first-order chi connectivity index (χ1) is 13.4. The van der Waals surface area contributed by atoms with E-state index in [0.29, 0.717) is 30.8 Å². The molecule has 0 unspecified atom stereocenters. The molecule has 5 N–H and O–H groups in total. The summed E-state index contributed by atoms with van der Waals surface area (Å²) in [6.45, 7) is -0.00831. The number of fused-ring (bicyclic) bond motifs is 1. The van der Waals surface area contributed by atoms with Crippen LogP contribution in [0.5, 0.6) is 5.75 Å². The highest BCUT2D eigenvalue weighted by Crippen LogP contribution is 2.31. The number of para-hydroxylation sites is 2. The van der Waals surface area contributed by atoms with Gasteiger partial charge in [-0.15, -0.1) is 0 Å². The maximum atomic E-state index is 12.9. The number of hydrogen-bond acceptors (Lipinski definition) is 6. The van der Waals surface area contributed by atoms with E-state index in [4.69, 9.17) is 10.5 Å². The van der Waals surface area contributed by atoms with Gasteiger partial charge < -0.3 is 20.7 Å². The fraction of sp³-hybridized carbons (Fsp3) is 0.526. The first kappa shape index (κ1) is 21.6. The fourth-order valence-corrected chi connectivity index (χ4v) is 3.14. The molecule has 0 fully saturated rings. The van der Waals surface area contributed by atoms with Crippen molar-refractivity contribution in [2.45, 2.75) is 44.2 Å². The summed E-state index contributed by atoms with van der Waals surface area (Å²) in [6.07, 6.45) is 3.72. The second-order valence-corrected chi connectivity index (χ2v) is 6.70. The van der Waals surface area contributed by atoms with Gasteiger partial charge in [0.25, 0.3) is 0 Å². The van der Waals surface area contributed by atoms with Crippen molar-refractivity contribution in [1.82, 2.24) is 5.32 Å². The number of aliphatic carboxylic acids is 2. The summed E-state index contributed by atoms with van der Waals surface area (Å²) in [5, 5.41) is 21.5. The molecule has 154 valence electrons. The Labute approximate surface area is 163 Å². The topological polar surface area (TPSA) is 142 Å². The first-order valence-corrected chi connectivity index (χ1v) is 9.38. The number of anilines is 1. The molecule has 9 nitrogen and oxygen atoms in total. The second-order valence-electron chi connectivity index (χ2n) is 6.70. The largest absolute Gasteiger partial charge is 0.489 e. The van der Waals surface area contributed by atoms with Crippen molar-refractivity contribution >= 4 is 23.5 Å². The maximum Gasteiger partial charge on any atom is 0.323 e. The number of carboxylic acid groups (broad SMARTS) is 2. The van der Waals surface area contributed by atoms with Crippen LogP contribution in [0.3, 0.4) is 0 Å². The molecule has 9 heteroatoms. The van der Waals surface area contributed by atoms with Crippen molar-refractivity contribution in [3.8, 4) is 5.75 Å². The van der Waals surface area contributed by atoms with Gasteiger partial charge in [-0.1, -0.05) is 31.4 Å². The zero-order chi connectivity index (χ0) is 20.5. The summed E-state index contributed by atoms with van der Waals surface area (Å²) in [7, 11) is 0. The molecule has 1 aromatic rings. The molecule has 1 aliphatic rings. The van der Waals surface area contributed by atoms with Gasteiger partial charge in [0, 0.05) is 0 Å². The van der Waals surface area contributed by atoms with Crippen LogP contribution in [0.25, 0.3) is 0 Å². The number of nitrogens with one attached hydrogen (secondary N) is 1. The predicted molar refractivity (Wildman–Crippen MR) is 102 cm³/mol. The summed E-state index contributed by atoms with van der Waals surface area (Å²) < 4.78 is 5.66. The van der Waals surface area contributed by atoms with E-state index in [9.17, 15) is 24.6 Å². The molecule has 0 spiro atoms. The lowest BCUT2D eigenvalue weighted by molar-refractivity contribution is -0.141. The minimum absolute atomic E-state index is 0.0804. The molecule has 0 aromatic heterocycles. The van der Waals surface area contributed by atoms with Crippen molar-refractivity contribution in [3.63, 3.8) is 0 Å². The number of carbonyl (C=O) groups excluding carboxylic acids is 1. The average Bonchev–Trinajstić information content (AvgIpc) is 2.78. The highest BCUT2D eigenvalue weighted by atomic mass is 16.5. The SMILES string of the molecule is NCCCCCC[C@H](N[C@H]1COc2ccccc2N(CC(=O)O)C1=O)C(=O)O. The number of carbonyl (C=O) groups is 3. The summed E-state index contributed by atoms with van der Waals surface area (Å²) in [5.41, 5.74) is 5.81. The van der Waals surface area contributed by atoms with E-state index < -0.39 is 36.5 Å². The van der Waals surface area contributed by atoms with Crippen LogP contribution in [0.4, 0.5) is 5.69 Å². The molecule has 1 aliphatic heterocycles. The molecule has 0 saturated carbocycles. The molecule has 1 aromatic carbocycles. The van der Waals surface area contributed by atoms with E-state index in [1.54, 1.807) is 24.3 Å². The number of rotatable bonds is 11. The molecule has 2 atom stereocenters. The van der Waals surface area contributed by atoms with E-state index in [-0.39, 0.29) is 6.61 Å². The average molecular weight is 393 g/mol. The van der Waals surface area contributed by atoms with E-state index in [1.807, 2.05) is 0 Å². The van der Waals surface area contributed by atoms with Crippen LogP contribution >= 0.6 is 0 Å². The van der Waals surface area contributed by atoms with Crippen LogP contribution in [0, 0.1) is 0 Å². The van der Waals surface area contributed by atoms with Gasteiger partial charge in [-0.25, -0.2) is 0 Å². The van der Waals surface area contributed by atoms with Crippen LogP contribution in [0.15, 0.2) is 24.3 Å². The Morgan fingerprint density at radius 2 is 1.93 bits per heavy atom. The van der Waals surface area contributed by atoms with Gasteiger partial charge in [-0.05, 0) is 31.5 Å². The van der Waals surface area contributed by atoms with Gasteiger partial charge in [0.1, 0.15) is 31.0 Å². The van der Waals surface area contributed by atoms with Gasteiger partial charge >= 0.3 is 11.9 Å². The predicted octanol–water partition coefficient (Wildman–Crippen LogP) is 0.817. The second kappa shape index (κ2) is 10.6. The van der Waals surface area contributed by atoms with E-state index in [0.717, 1.165) is 24.2 Å². The van der Waals surface area contributed by atoms with Crippen LogP contribution in [0.1, 0.15) is 32.1 Å². The highest BCUT2D eigenvalue weighted by molar-refractivity contribution is 6.02. The number of carboxylic acids is 2. The number of benzene rings is 1. The Morgan fingerprint density at radius 3 is 2.61 bits per heavy atom. The lowest BCUT2D eigenvalue weighted by atomic mass is 10.1. The zero-order valence-electron chi connectivity index (χ0n) is 15.7. The van der Waals surface area contributed by atoms with Gasteiger partial charge in [0.05, 0.1) is 5.69 Å². The standard InChI is InChI=1S/C19H27N3O6/c20-10-6-2-1-3-7-13(19(26)27)21-14-12-28-16-9-5-4-8-15(16)22(18(14)25)11-17(23)24/h4-5,8-9,13-14,21H,1-3,6-7,10-12,20H2,(H,23,24)(H,26,27)/t13-,14-/m0/s1. The molecule has 0 saturated heterocycles. The van der Waals surface area contributed by atoms with Crippen LogP contribution < -0.4 is 20.7 Å².